The van der Waals surface area contributed by atoms with Crippen molar-refractivity contribution >= 4 is 40.7 Å². The largest absolute Gasteiger partial charge is 0.478 e. The van der Waals surface area contributed by atoms with Gasteiger partial charge in [0.2, 0.25) is 0 Å². The summed E-state index contributed by atoms with van der Waals surface area (Å²) in [7, 11) is 0. The summed E-state index contributed by atoms with van der Waals surface area (Å²) >= 11 is 0. The molecule has 15 nitrogen and oxygen atoms in total. The van der Waals surface area contributed by atoms with Crippen LogP contribution in [0.1, 0.15) is 63.9 Å². The van der Waals surface area contributed by atoms with Gasteiger partial charge in [-0.15, -0.1) is 0 Å². The summed E-state index contributed by atoms with van der Waals surface area (Å²) in [6.07, 6.45) is 1.80. The molecule has 6 rings (SSSR count). The molecule has 1 aliphatic heterocycles. The monoisotopic (exact) mass is 622 g/mol. The van der Waals surface area contributed by atoms with E-state index < -0.39 is 34.5 Å². The number of nitrogens with one attached hydrogen (secondary N) is 2. The minimum Gasteiger partial charge on any atom is -0.478 e. The fourth-order valence-corrected chi connectivity index (χ4v) is 5.35. The van der Waals surface area contributed by atoms with Crippen molar-refractivity contribution in [2.24, 2.45) is 5.73 Å². The molecule has 7 N–H and O–H groups in total. The number of carboxylic acids is 1. The van der Waals surface area contributed by atoms with Crippen molar-refractivity contribution in [1.82, 2.24) is 25.2 Å². The third kappa shape index (κ3) is 5.40. The van der Waals surface area contributed by atoms with Crippen molar-refractivity contribution in [3.05, 3.63) is 120 Å². The number of rotatable bonds is 9. The maximum Gasteiger partial charge on any atom is 0.335 e. The smallest absolute Gasteiger partial charge is 0.335 e. The number of hydrogen-bond acceptors (Lipinski definition) is 10. The molecule has 3 heterocycles. The Morgan fingerprint density at radius 2 is 1.59 bits per heavy atom. The van der Waals surface area contributed by atoms with E-state index in [2.05, 4.69) is 20.7 Å². The lowest BCUT2D eigenvalue weighted by atomic mass is 9.96. The molecule has 46 heavy (non-hydrogen) atoms. The maximum atomic E-state index is 13.3. The number of anilines is 2. The first-order chi connectivity index (χ1) is 22.0. The average molecular weight is 623 g/mol. The standard InChI is InChI=1S/C31H26N8O7/c32-23-24(26(41)25(23)40)38-8-7-17-4-3-16(9-19(17)14-38)12-34-29(43)21-10-22(39-28(37-21)20(13-36-39)27(33)42)30(44)35-11-15-1-5-18(6-2-15)31(45)46/h1-6,9-10,13H,7-8,11-12,14,32H2,(H2,33,42)(H,34,43)(H,35,44)(H,45,46). The van der Waals surface area contributed by atoms with Crippen molar-refractivity contribution in [1.29, 1.82) is 0 Å². The van der Waals surface area contributed by atoms with Crippen LogP contribution in [0.25, 0.3) is 5.65 Å². The molecule has 0 bridgehead atoms. The number of amides is 3. The number of carboxylic acid groups (broad SMARTS) is 1. The molecule has 0 saturated heterocycles. The Kier molecular flexibility index (Phi) is 7.49. The second-order valence-corrected chi connectivity index (χ2v) is 10.7. The number of nitrogen functional groups attached to an aromatic ring is 1. The Balaban J connectivity index is 1.20. The van der Waals surface area contributed by atoms with Crippen LogP contribution in [0.3, 0.4) is 0 Å². The lowest BCUT2D eigenvalue weighted by Crippen LogP contribution is -2.44. The van der Waals surface area contributed by atoms with Gasteiger partial charge in [0.1, 0.15) is 28.3 Å². The van der Waals surface area contributed by atoms with E-state index in [9.17, 15) is 28.8 Å². The quantitative estimate of drug-likeness (QED) is 0.139. The molecule has 232 valence electrons. The molecule has 0 spiro atoms. The van der Waals surface area contributed by atoms with Crippen LogP contribution in [0.5, 0.6) is 0 Å². The first-order valence-electron chi connectivity index (χ1n) is 14.0. The highest BCUT2D eigenvalue weighted by Crippen LogP contribution is 2.26. The molecule has 0 aliphatic carbocycles. The first kappa shape index (κ1) is 29.7. The Labute approximate surface area is 259 Å². The lowest BCUT2D eigenvalue weighted by Gasteiger charge is -2.32. The fraction of sp³-hybridized carbons (Fsp3) is 0.161. The van der Waals surface area contributed by atoms with Crippen molar-refractivity contribution < 1.29 is 24.3 Å². The minimum atomic E-state index is -1.08. The van der Waals surface area contributed by atoms with Crippen molar-refractivity contribution in [2.45, 2.75) is 26.1 Å². The van der Waals surface area contributed by atoms with Gasteiger partial charge in [-0.05, 0) is 40.8 Å². The average Bonchev–Trinajstić information content (AvgIpc) is 3.50. The van der Waals surface area contributed by atoms with Gasteiger partial charge >= 0.3 is 5.97 Å². The van der Waals surface area contributed by atoms with Crippen LogP contribution >= 0.6 is 0 Å². The number of aromatic nitrogens is 3. The summed E-state index contributed by atoms with van der Waals surface area (Å²) in [5.74, 6) is -3.19. The normalized spacial score (nSPS) is 12.6. The van der Waals surface area contributed by atoms with Gasteiger partial charge in [0.05, 0.1) is 11.8 Å². The molecule has 0 atom stereocenters. The number of nitrogens with zero attached hydrogens (tertiary/aromatic N) is 4. The lowest BCUT2D eigenvalue weighted by molar-refractivity contribution is 0.0696. The number of nitrogens with two attached hydrogens (primary N) is 2. The van der Waals surface area contributed by atoms with Gasteiger partial charge in [-0.25, -0.2) is 14.3 Å². The number of benzene rings is 2. The number of aromatic carboxylic acids is 1. The molecule has 2 aromatic heterocycles. The SMILES string of the molecule is NC(=O)c1cnn2c(C(=O)NCc3ccc(C(=O)O)cc3)cc(C(=O)NCc3ccc4c(c3)CN(c3c(N)c(=O)c3=O)CC4)nc12. The molecule has 0 unspecified atom stereocenters. The Morgan fingerprint density at radius 1 is 0.891 bits per heavy atom. The van der Waals surface area contributed by atoms with Gasteiger partial charge in [0.15, 0.2) is 5.65 Å². The molecular formula is C31H26N8O7. The van der Waals surface area contributed by atoms with Crippen LogP contribution in [0, 0.1) is 0 Å². The molecular weight excluding hydrogens is 596 g/mol. The van der Waals surface area contributed by atoms with Crippen LogP contribution in [-0.2, 0) is 26.1 Å². The first-order valence-corrected chi connectivity index (χ1v) is 14.0. The van der Waals surface area contributed by atoms with E-state index in [-0.39, 0.29) is 52.6 Å². The third-order valence-corrected chi connectivity index (χ3v) is 7.83. The van der Waals surface area contributed by atoms with E-state index in [1.54, 1.807) is 17.0 Å². The number of hydrogen-bond donors (Lipinski definition) is 5. The van der Waals surface area contributed by atoms with Gasteiger partial charge < -0.3 is 32.1 Å². The van der Waals surface area contributed by atoms with Crippen LogP contribution in [-0.4, -0.2) is 49.9 Å². The molecule has 0 saturated carbocycles. The maximum absolute atomic E-state index is 13.3. The molecule has 0 radical (unpaired) electrons. The molecule has 15 heteroatoms. The number of carbonyl (C=O) groups excluding carboxylic acids is 3. The van der Waals surface area contributed by atoms with E-state index in [1.807, 2.05) is 18.2 Å². The summed E-state index contributed by atoms with van der Waals surface area (Å²) in [5, 5.41) is 18.6. The highest BCUT2D eigenvalue weighted by atomic mass is 16.4. The van der Waals surface area contributed by atoms with E-state index in [4.69, 9.17) is 16.6 Å². The van der Waals surface area contributed by atoms with Crippen LogP contribution in [0.2, 0.25) is 0 Å². The Hall–Kier alpha value is -6.38. The summed E-state index contributed by atoms with van der Waals surface area (Å²) < 4.78 is 1.11. The predicted octanol–water partition coefficient (Wildman–Crippen LogP) is 0.127. The van der Waals surface area contributed by atoms with E-state index in [0.717, 1.165) is 27.4 Å². The summed E-state index contributed by atoms with van der Waals surface area (Å²) in [6.45, 7) is 1.06. The zero-order valence-corrected chi connectivity index (χ0v) is 24.1. The fourth-order valence-electron chi connectivity index (χ4n) is 5.35. The molecule has 3 aromatic carbocycles. The van der Waals surface area contributed by atoms with Gasteiger partial charge in [0, 0.05) is 32.2 Å². The van der Waals surface area contributed by atoms with Crippen molar-refractivity contribution in [2.75, 3.05) is 17.2 Å². The van der Waals surface area contributed by atoms with Crippen LogP contribution in [0.4, 0.5) is 11.4 Å². The van der Waals surface area contributed by atoms with Gasteiger partial charge in [-0.3, -0.25) is 24.0 Å². The van der Waals surface area contributed by atoms with Gasteiger partial charge in [-0.2, -0.15) is 5.10 Å². The van der Waals surface area contributed by atoms with E-state index in [1.165, 1.54) is 18.2 Å². The van der Waals surface area contributed by atoms with Crippen molar-refractivity contribution in [3.8, 4) is 0 Å². The molecule has 5 aromatic rings. The molecule has 3 amide bonds. The topological polar surface area (TPSA) is 232 Å². The summed E-state index contributed by atoms with van der Waals surface area (Å²) in [6, 6.07) is 12.9. The molecule has 0 fully saturated rings. The minimum absolute atomic E-state index is 0.0264. The van der Waals surface area contributed by atoms with Crippen LogP contribution in [0.15, 0.2) is 64.3 Å². The van der Waals surface area contributed by atoms with E-state index >= 15 is 0 Å². The van der Waals surface area contributed by atoms with Gasteiger partial charge in [0.25, 0.3) is 28.6 Å². The Morgan fingerprint density at radius 3 is 2.28 bits per heavy atom. The number of primary amides is 1. The van der Waals surface area contributed by atoms with E-state index in [0.29, 0.717) is 25.1 Å². The predicted molar refractivity (Wildman–Crippen MR) is 164 cm³/mol. The third-order valence-electron chi connectivity index (χ3n) is 7.83. The zero-order chi connectivity index (χ0) is 32.7. The van der Waals surface area contributed by atoms with Crippen LogP contribution < -0.4 is 37.9 Å². The second-order valence-electron chi connectivity index (χ2n) is 10.7. The number of carbonyl (C=O) groups is 4. The number of fused-ring (bicyclic) bond motifs is 2. The summed E-state index contributed by atoms with van der Waals surface area (Å²) in [5.41, 5.74) is 13.2. The molecule has 1 aliphatic rings. The van der Waals surface area contributed by atoms with Crippen molar-refractivity contribution in [3.63, 3.8) is 0 Å². The summed E-state index contributed by atoms with van der Waals surface area (Å²) in [4.78, 5) is 79.3. The van der Waals surface area contributed by atoms with Gasteiger partial charge in [-0.1, -0.05) is 30.3 Å². The highest BCUT2D eigenvalue weighted by molar-refractivity contribution is 6.02. The Bertz CT molecular complexity index is 2150. The zero-order valence-electron chi connectivity index (χ0n) is 24.1. The highest BCUT2D eigenvalue weighted by Gasteiger charge is 2.27. The second kappa shape index (κ2) is 11.6.